The summed E-state index contributed by atoms with van der Waals surface area (Å²) in [5.74, 6) is 0. The van der Waals surface area contributed by atoms with Crippen molar-refractivity contribution in [3.05, 3.63) is 6.92 Å². The maximum absolute atomic E-state index is 3.65. The molecule has 0 aromatic rings. The van der Waals surface area contributed by atoms with Crippen LogP contribution in [0.5, 0.6) is 0 Å². The van der Waals surface area contributed by atoms with Gasteiger partial charge in [0.2, 0.25) is 0 Å². The van der Waals surface area contributed by atoms with Crippen LogP contribution < -0.4 is 10.6 Å². The lowest BCUT2D eigenvalue weighted by atomic mass is 10.4. The summed E-state index contributed by atoms with van der Waals surface area (Å²) >= 11 is 0. The topological polar surface area (TPSA) is 24.1 Å². The minimum atomic E-state index is 0.837. The highest BCUT2D eigenvalue weighted by molar-refractivity contribution is 4.48. The molecule has 0 aliphatic rings. The molecular weight excluding hydrogens is 100 g/mol. The molecule has 0 bridgehead atoms. The van der Waals surface area contributed by atoms with Crippen LogP contribution in [0.25, 0.3) is 0 Å². The first-order valence-corrected chi connectivity index (χ1v) is 3.06. The molecule has 0 saturated carbocycles. The molecule has 0 aromatic heterocycles. The molecule has 2 N–H and O–H groups in total. The fraction of sp³-hybridized carbons (Fsp3) is 0.833. The van der Waals surface area contributed by atoms with E-state index in [-0.39, 0.29) is 0 Å². The minimum Gasteiger partial charge on any atom is -0.320 e. The Morgan fingerprint density at radius 1 is 1.38 bits per heavy atom. The second-order valence-corrected chi connectivity index (χ2v) is 1.71. The summed E-state index contributed by atoms with van der Waals surface area (Å²) in [6.45, 7) is 6.65. The van der Waals surface area contributed by atoms with Crippen molar-refractivity contribution in [2.45, 2.75) is 6.42 Å². The third-order valence-corrected chi connectivity index (χ3v) is 0.957. The SMILES string of the molecule is [CH2]CNCCCNC. The predicted molar refractivity (Wildman–Crippen MR) is 36.8 cm³/mol. The number of rotatable bonds is 5. The summed E-state index contributed by atoms with van der Waals surface area (Å²) < 4.78 is 0. The third-order valence-electron chi connectivity index (χ3n) is 0.957. The van der Waals surface area contributed by atoms with E-state index in [1.165, 1.54) is 6.42 Å². The van der Waals surface area contributed by atoms with E-state index in [0.29, 0.717) is 0 Å². The molecule has 0 amide bonds. The van der Waals surface area contributed by atoms with Gasteiger partial charge in [-0.05, 0) is 40.0 Å². The van der Waals surface area contributed by atoms with E-state index in [2.05, 4.69) is 17.6 Å². The van der Waals surface area contributed by atoms with Crippen LogP contribution in [-0.4, -0.2) is 26.7 Å². The van der Waals surface area contributed by atoms with Gasteiger partial charge in [0, 0.05) is 0 Å². The van der Waals surface area contributed by atoms with Gasteiger partial charge in [-0.3, -0.25) is 0 Å². The minimum absolute atomic E-state index is 0.837. The molecule has 1 radical (unpaired) electrons. The first kappa shape index (κ1) is 7.92. The highest BCUT2D eigenvalue weighted by Crippen LogP contribution is 1.68. The van der Waals surface area contributed by atoms with E-state index < -0.39 is 0 Å². The first-order chi connectivity index (χ1) is 3.91. The summed E-state index contributed by atoms with van der Waals surface area (Å²) in [4.78, 5) is 0. The number of hydrogen-bond donors (Lipinski definition) is 2. The lowest BCUT2D eigenvalue weighted by Crippen LogP contribution is -2.19. The Morgan fingerprint density at radius 3 is 2.62 bits per heavy atom. The van der Waals surface area contributed by atoms with Crippen molar-refractivity contribution in [2.24, 2.45) is 0 Å². The van der Waals surface area contributed by atoms with E-state index in [0.717, 1.165) is 19.6 Å². The van der Waals surface area contributed by atoms with Gasteiger partial charge < -0.3 is 10.6 Å². The molecule has 0 fully saturated rings. The van der Waals surface area contributed by atoms with Gasteiger partial charge in [0.15, 0.2) is 0 Å². The Hall–Kier alpha value is -0.0800. The van der Waals surface area contributed by atoms with Gasteiger partial charge in [0.1, 0.15) is 0 Å². The zero-order chi connectivity index (χ0) is 6.24. The van der Waals surface area contributed by atoms with Crippen LogP contribution in [0, 0.1) is 6.92 Å². The van der Waals surface area contributed by atoms with Crippen molar-refractivity contribution in [3.8, 4) is 0 Å². The van der Waals surface area contributed by atoms with Gasteiger partial charge in [-0.1, -0.05) is 0 Å². The van der Waals surface area contributed by atoms with Crippen molar-refractivity contribution in [1.82, 2.24) is 10.6 Å². The van der Waals surface area contributed by atoms with Crippen LogP contribution in [0.1, 0.15) is 6.42 Å². The molecule has 0 saturated heterocycles. The first-order valence-electron chi connectivity index (χ1n) is 3.06. The maximum atomic E-state index is 3.65. The van der Waals surface area contributed by atoms with Crippen LogP contribution in [0.4, 0.5) is 0 Å². The summed E-state index contributed by atoms with van der Waals surface area (Å²) in [5.41, 5.74) is 0. The van der Waals surface area contributed by atoms with Gasteiger partial charge in [-0.2, -0.15) is 0 Å². The molecule has 0 aliphatic carbocycles. The summed E-state index contributed by atoms with van der Waals surface area (Å²) in [6.07, 6.45) is 1.19. The highest BCUT2D eigenvalue weighted by atomic mass is 14.9. The quantitative estimate of drug-likeness (QED) is 0.494. The Kier molecular flexibility index (Phi) is 6.85. The van der Waals surface area contributed by atoms with Gasteiger partial charge in [-0.25, -0.2) is 0 Å². The molecule has 0 aromatic carbocycles. The van der Waals surface area contributed by atoms with E-state index in [1.54, 1.807) is 0 Å². The Bertz CT molecular complexity index is 31.5. The van der Waals surface area contributed by atoms with Crippen LogP contribution in [0.3, 0.4) is 0 Å². The Labute approximate surface area is 51.7 Å². The summed E-state index contributed by atoms with van der Waals surface area (Å²) in [5, 5.41) is 6.20. The normalized spacial score (nSPS) is 9.75. The fourth-order valence-electron chi connectivity index (χ4n) is 0.515. The Balaban J connectivity index is 2.53. The average molecular weight is 115 g/mol. The summed E-state index contributed by atoms with van der Waals surface area (Å²) in [7, 11) is 1.96. The Morgan fingerprint density at radius 2 is 2.12 bits per heavy atom. The second kappa shape index (κ2) is 6.92. The molecular formula is C6H15N2. The molecule has 0 rings (SSSR count). The lowest BCUT2D eigenvalue weighted by molar-refractivity contribution is 0.655. The van der Waals surface area contributed by atoms with Gasteiger partial charge in [-0.15, -0.1) is 0 Å². The second-order valence-electron chi connectivity index (χ2n) is 1.71. The van der Waals surface area contributed by atoms with E-state index in [4.69, 9.17) is 0 Å². The molecule has 0 heterocycles. The van der Waals surface area contributed by atoms with Crippen LogP contribution >= 0.6 is 0 Å². The fourth-order valence-corrected chi connectivity index (χ4v) is 0.515. The predicted octanol–water partition coefficient (Wildman–Crippen LogP) is 0.0196. The molecule has 2 nitrogen and oxygen atoms in total. The third kappa shape index (κ3) is 5.92. The number of hydrogen-bond acceptors (Lipinski definition) is 2. The zero-order valence-corrected chi connectivity index (χ0v) is 5.54. The van der Waals surface area contributed by atoms with Crippen molar-refractivity contribution in [2.75, 3.05) is 26.7 Å². The van der Waals surface area contributed by atoms with Crippen LogP contribution in [-0.2, 0) is 0 Å². The van der Waals surface area contributed by atoms with Crippen molar-refractivity contribution < 1.29 is 0 Å². The molecule has 0 aliphatic heterocycles. The van der Waals surface area contributed by atoms with Gasteiger partial charge in [0.25, 0.3) is 0 Å². The van der Waals surface area contributed by atoms with Crippen molar-refractivity contribution in [1.29, 1.82) is 0 Å². The largest absolute Gasteiger partial charge is 0.320 e. The van der Waals surface area contributed by atoms with E-state index in [9.17, 15) is 0 Å². The molecule has 49 valence electrons. The average Bonchev–Trinajstić information content (AvgIpc) is 1.81. The van der Waals surface area contributed by atoms with Gasteiger partial charge >= 0.3 is 0 Å². The zero-order valence-electron chi connectivity index (χ0n) is 5.54. The molecule has 2 heteroatoms. The van der Waals surface area contributed by atoms with Crippen molar-refractivity contribution >= 4 is 0 Å². The maximum Gasteiger partial charge on any atom is -0.00368 e. The summed E-state index contributed by atoms with van der Waals surface area (Å²) in [6, 6.07) is 0. The van der Waals surface area contributed by atoms with E-state index >= 15 is 0 Å². The molecule has 0 unspecified atom stereocenters. The smallest absolute Gasteiger partial charge is 0.00368 e. The monoisotopic (exact) mass is 115 g/mol. The standard InChI is InChI=1S/C6H15N2/c1-3-8-6-4-5-7-2/h7-8H,1,3-6H2,2H3. The molecule has 0 atom stereocenters. The van der Waals surface area contributed by atoms with E-state index in [1.807, 2.05) is 7.05 Å². The molecule has 8 heavy (non-hydrogen) atoms. The molecule has 0 spiro atoms. The van der Waals surface area contributed by atoms with Crippen molar-refractivity contribution in [3.63, 3.8) is 0 Å². The van der Waals surface area contributed by atoms with Gasteiger partial charge in [0.05, 0.1) is 0 Å². The van der Waals surface area contributed by atoms with Crippen LogP contribution in [0.2, 0.25) is 0 Å². The highest BCUT2D eigenvalue weighted by Gasteiger charge is 1.80. The number of nitrogens with one attached hydrogen (secondary N) is 2. The van der Waals surface area contributed by atoms with Crippen LogP contribution in [0.15, 0.2) is 0 Å². The lowest BCUT2D eigenvalue weighted by Gasteiger charge is -1.98.